The average Bonchev–Trinajstić information content (AvgIpc) is 3.71. The molecule has 1 atom stereocenters. The van der Waals surface area contributed by atoms with Crippen LogP contribution in [0.25, 0.3) is 55.3 Å². The Hall–Kier alpha value is -6.96. The number of hydrogen-bond acceptors (Lipinski definition) is 1. The van der Waals surface area contributed by atoms with Crippen LogP contribution in [0.1, 0.15) is 59.7 Å². The highest BCUT2D eigenvalue weighted by molar-refractivity contribution is 6.08. The quantitative estimate of drug-likeness (QED) is 0.169. The van der Waals surface area contributed by atoms with Crippen molar-refractivity contribution < 1.29 is 0 Å². The van der Waals surface area contributed by atoms with Gasteiger partial charge in [-0.2, -0.15) is 0 Å². The predicted octanol–water partition coefficient (Wildman–Crippen LogP) is 15.2. The van der Waals surface area contributed by atoms with E-state index in [1.54, 1.807) is 0 Å². The minimum atomic E-state index is -0.506. The maximum atomic E-state index is 2.55. The molecule has 1 unspecified atom stereocenters. The van der Waals surface area contributed by atoms with Crippen molar-refractivity contribution >= 4 is 27.8 Å². The first kappa shape index (κ1) is 34.1. The molecule has 9 aromatic rings. The van der Waals surface area contributed by atoms with E-state index in [1.165, 1.54) is 99.9 Å². The molecule has 0 aromatic heterocycles. The fraction of sp³-hybridized carbons (Fsp3) is 0.103. The predicted molar refractivity (Wildman–Crippen MR) is 247 cm³/mol. The summed E-state index contributed by atoms with van der Waals surface area (Å²) in [7, 11) is 0. The fourth-order valence-electron chi connectivity index (χ4n) is 11.3. The second kappa shape index (κ2) is 12.5. The molecular weight excluding hydrogens is 711 g/mol. The molecular formula is C58H43N. The third-order valence-electron chi connectivity index (χ3n) is 13.9. The van der Waals surface area contributed by atoms with Crippen LogP contribution < -0.4 is 4.90 Å². The first-order chi connectivity index (χ1) is 29.0. The van der Waals surface area contributed by atoms with Crippen LogP contribution in [0, 0.1) is 0 Å². The molecule has 9 aromatic carbocycles. The van der Waals surface area contributed by atoms with Crippen LogP contribution in [-0.4, -0.2) is 0 Å². The Morgan fingerprint density at radius 3 is 1.75 bits per heavy atom. The lowest BCUT2D eigenvalue weighted by molar-refractivity contribution is 0.660. The molecule has 0 saturated heterocycles. The van der Waals surface area contributed by atoms with Gasteiger partial charge in [-0.25, -0.2) is 0 Å². The second-order valence-corrected chi connectivity index (χ2v) is 17.0. The van der Waals surface area contributed by atoms with E-state index >= 15 is 0 Å². The van der Waals surface area contributed by atoms with Crippen LogP contribution in [0.4, 0.5) is 17.1 Å². The van der Waals surface area contributed by atoms with Crippen molar-refractivity contribution in [1.82, 2.24) is 0 Å². The van der Waals surface area contributed by atoms with Gasteiger partial charge in [0.15, 0.2) is 0 Å². The Morgan fingerprint density at radius 2 is 1.00 bits per heavy atom. The monoisotopic (exact) mass is 753 g/mol. The van der Waals surface area contributed by atoms with Crippen molar-refractivity contribution in [3.8, 4) is 44.5 Å². The van der Waals surface area contributed by atoms with Crippen LogP contribution >= 0.6 is 0 Å². The molecule has 1 nitrogen and oxygen atoms in total. The van der Waals surface area contributed by atoms with Crippen LogP contribution in [0.2, 0.25) is 0 Å². The van der Waals surface area contributed by atoms with Crippen LogP contribution in [0.15, 0.2) is 194 Å². The highest BCUT2D eigenvalue weighted by atomic mass is 15.1. The summed E-state index contributed by atoms with van der Waals surface area (Å²) in [6.45, 7) is 7.07. The number of aryl methyl sites for hydroxylation is 1. The van der Waals surface area contributed by atoms with Gasteiger partial charge in [-0.1, -0.05) is 185 Å². The Morgan fingerprint density at radius 1 is 0.424 bits per heavy atom. The normalized spacial score (nSPS) is 16.0. The zero-order valence-electron chi connectivity index (χ0n) is 33.6. The Kier molecular flexibility index (Phi) is 7.24. The molecule has 12 rings (SSSR count). The zero-order valence-corrected chi connectivity index (χ0v) is 33.6. The average molecular weight is 754 g/mol. The second-order valence-electron chi connectivity index (χ2n) is 17.0. The van der Waals surface area contributed by atoms with E-state index in [-0.39, 0.29) is 5.41 Å². The zero-order chi connectivity index (χ0) is 39.5. The first-order valence-corrected chi connectivity index (χ1v) is 21.1. The summed E-state index contributed by atoms with van der Waals surface area (Å²) < 4.78 is 0. The molecule has 1 heteroatoms. The molecule has 0 amide bonds. The van der Waals surface area contributed by atoms with Crippen LogP contribution in [0.5, 0.6) is 0 Å². The summed E-state index contributed by atoms with van der Waals surface area (Å²) in [6.07, 6.45) is 0.950. The molecule has 0 N–H and O–H groups in total. The summed E-state index contributed by atoms with van der Waals surface area (Å²) >= 11 is 0. The largest absolute Gasteiger partial charge is 0.310 e. The van der Waals surface area contributed by atoms with Gasteiger partial charge in [-0.15, -0.1) is 0 Å². The van der Waals surface area contributed by atoms with E-state index in [4.69, 9.17) is 0 Å². The minimum Gasteiger partial charge on any atom is -0.310 e. The molecule has 280 valence electrons. The number of anilines is 3. The van der Waals surface area contributed by atoms with Crippen molar-refractivity contribution in [2.24, 2.45) is 0 Å². The van der Waals surface area contributed by atoms with Gasteiger partial charge >= 0.3 is 0 Å². The van der Waals surface area contributed by atoms with E-state index in [9.17, 15) is 0 Å². The van der Waals surface area contributed by atoms with E-state index in [1.807, 2.05) is 0 Å². The number of fused-ring (bicyclic) bond motifs is 12. The van der Waals surface area contributed by atoms with Gasteiger partial charge in [0.2, 0.25) is 0 Å². The fourth-order valence-corrected chi connectivity index (χ4v) is 11.3. The SMILES string of the molecule is CCc1ccc2cccc3c2c1C1(c2ccccc2-c2ccc(N(c4ccc(-c5ccccc5)cc4)c4cccc5c4-c4ccccc4C5(C)C)cc21)c1ccccc1-3. The Balaban J connectivity index is 1.17. The highest BCUT2D eigenvalue weighted by Gasteiger charge is 2.51. The number of hydrogen-bond donors (Lipinski definition) is 0. The van der Waals surface area contributed by atoms with Gasteiger partial charge in [0, 0.05) is 22.4 Å². The summed E-state index contributed by atoms with van der Waals surface area (Å²) in [4.78, 5) is 2.53. The summed E-state index contributed by atoms with van der Waals surface area (Å²) in [5.74, 6) is 0. The molecule has 0 fully saturated rings. The molecule has 3 aliphatic rings. The first-order valence-electron chi connectivity index (χ1n) is 21.1. The molecule has 0 aliphatic heterocycles. The lowest BCUT2D eigenvalue weighted by Crippen LogP contribution is -2.33. The van der Waals surface area contributed by atoms with E-state index in [2.05, 4.69) is 220 Å². The van der Waals surface area contributed by atoms with Crippen LogP contribution in [-0.2, 0) is 17.3 Å². The van der Waals surface area contributed by atoms with E-state index in [0.29, 0.717) is 0 Å². The molecule has 1 spiro atoms. The van der Waals surface area contributed by atoms with Gasteiger partial charge in [0.05, 0.1) is 11.1 Å². The number of rotatable bonds is 5. The maximum absolute atomic E-state index is 2.55. The van der Waals surface area contributed by atoms with E-state index in [0.717, 1.165) is 17.8 Å². The lowest BCUT2D eigenvalue weighted by Gasteiger charge is -2.41. The smallest absolute Gasteiger partial charge is 0.0729 e. The minimum absolute atomic E-state index is 0.122. The highest BCUT2D eigenvalue weighted by Crippen LogP contribution is 2.63. The van der Waals surface area contributed by atoms with Crippen molar-refractivity contribution in [2.45, 2.75) is 38.0 Å². The van der Waals surface area contributed by atoms with Crippen molar-refractivity contribution in [2.75, 3.05) is 4.90 Å². The Labute approximate surface area is 346 Å². The third-order valence-corrected chi connectivity index (χ3v) is 13.9. The molecule has 0 heterocycles. The Bertz CT molecular complexity index is 3170. The summed E-state index contributed by atoms with van der Waals surface area (Å²) in [5, 5.41) is 2.68. The summed E-state index contributed by atoms with van der Waals surface area (Å²) in [5.41, 5.74) is 22.8. The molecule has 59 heavy (non-hydrogen) atoms. The lowest BCUT2D eigenvalue weighted by atomic mass is 9.60. The standard InChI is InChI=1S/C58H43N/c1-4-37-28-29-40-18-14-22-46-44-20-9-13-25-50(44)58(56(37)54(40)46)49-24-12-8-19-43(49)45-35-34-42(36-52(45)58)59(41-32-30-39(31-33-41)38-16-6-5-7-17-38)53-27-15-26-51-55(53)47-21-10-11-23-48(47)57(51,2)3/h5-36H,4H2,1-3H3. The van der Waals surface area contributed by atoms with Gasteiger partial charge < -0.3 is 4.90 Å². The number of nitrogens with zero attached hydrogens (tertiary/aromatic N) is 1. The van der Waals surface area contributed by atoms with Gasteiger partial charge in [-0.05, 0) is 125 Å². The molecule has 0 saturated carbocycles. The summed E-state index contributed by atoms with van der Waals surface area (Å²) in [6, 6.07) is 73.3. The van der Waals surface area contributed by atoms with Gasteiger partial charge in [0.1, 0.15) is 0 Å². The molecule has 3 aliphatic carbocycles. The van der Waals surface area contributed by atoms with Crippen molar-refractivity contribution in [1.29, 1.82) is 0 Å². The van der Waals surface area contributed by atoms with Crippen molar-refractivity contribution in [3.05, 3.63) is 233 Å². The van der Waals surface area contributed by atoms with Crippen molar-refractivity contribution in [3.63, 3.8) is 0 Å². The van der Waals surface area contributed by atoms with Gasteiger partial charge in [0.25, 0.3) is 0 Å². The van der Waals surface area contributed by atoms with E-state index < -0.39 is 5.41 Å². The molecule has 0 radical (unpaired) electrons. The van der Waals surface area contributed by atoms with Gasteiger partial charge in [-0.3, -0.25) is 0 Å². The molecule has 0 bridgehead atoms. The third kappa shape index (κ3) is 4.56. The number of benzene rings is 9. The maximum Gasteiger partial charge on any atom is 0.0729 e. The topological polar surface area (TPSA) is 3.24 Å². The van der Waals surface area contributed by atoms with Crippen LogP contribution in [0.3, 0.4) is 0 Å².